The number of nitrogens with zero attached hydrogens (tertiary/aromatic N) is 2. The zero-order valence-electron chi connectivity index (χ0n) is 20.2. The average Bonchev–Trinajstić information content (AvgIpc) is 3.24. The van der Waals surface area contributed by atoms with E-state index in [-0.39, 0.29) is 18.5 Å². The Morgan fingerprint density at radius 2 is 1.80 bits per heavy atom. The van der Waals surface area contributed by atoms with Crippen LogP contribution in [0.1, 0.15) is 54.8 Å². The van der Waals surface area contributed by atoms with Gasteiger partial charge in [0.1, 0.15) is 11.5 Å². The molecule has 0 bridgehead atoms. The smallest absolute Gasteiger partial charge is 0.277 e. The number of fused-ring (bicyclic) bond motifs is 3. The molecule has 1 atom stereocenters. The van der Waals surface area contributed by atoms with E-state index in [1.165, 1.54) is 24.9 Å². The Hall–Kier alpha value is -3.13. The van der Waals surface area contributed by atoms with Crippen molar-refractivity contribution in [1.82, 2.24) is 9.88 Å². The van der Waals surface area contributed by atoms with Crippen molar-refractivity contribution >= 4 is 40.2 Å². The molecule has 3 aromatic rings. The van der Waals surface area contributed by atoms with E-state index in [4.69, 9.17) is 25.5 Å². The monoisotopic (exact) mass is 499 g/mol. The third-order valence-electron chi connectivity index (χ3n) is 7.02. The fraction of sp³-hybridized carbons (Fsp3) is 0.462. The maximum absolute atomic E-state index is 13.9. The second kappa shape index (κ2) is 9.15. The van der Waals surface area contributed by atoms with E-state index in [0.29, 0.717) is 28.5 Å². The van der Waals surface area contributed by atoms with E-state index in [1.807, 2.05) is 13.0 Å². The van der Waals surface area contributed by atoms with Gasteiger partial charge in [-0.25, -0.2) is 0 Å². The molecule has 1 aliphatic heterocycles. The number of benzene rings is 1. The first-order valence-corrected chi connectivity index (χ1v) is 12.4. The molecule has 0 radical (unpaired) electrons. The number of hydrogen-bond donors (Lipinski definition) is 1. The number of ether oxygens (including phenoxy) is 2. The summed E-state index contributed by atoms with van der Waals surface area (Å²) < 4.78 is 18.4. The highest BCUT2D eigenvalue weighted by molar-refractivity contribution is 6.40. The first-order chi connectivity index (χ1) is 16.9. The summed E-state index contributed by atoms with van der Waals surface area (Å²) in [7, 11) is 3.06. The fourth-order valence-electron chi connectivity index (χ4n) is 5.25. The molecule has 1 aromatic carbocycles. The number of amides is 2. The lowest BCUT2D eigenvalue weighted by Crippen LogP contribution is -2.63. The minimum absolute atomic E-state index is 0.0326. The van der Waals surface area contributed by atoms with Gasteiger partial charge in [0, 0.05) is 24.2 Å². The van der Waals surface area contributed by atoms with Gasteiger partial charge >= 0.3 is 0 Å². The number of aromatic nitrogens is 1. The standard InChI is InChI=1S/C26H30ClN3O5/c1-16-12-19-22(35-16)14-20-24(31)30(18-10-11-21(33-2)23(13-18)34-3)26(27,15-29(19)20)25(32)28-17-8-6-4-5-7-9-17/h10-14,17H,4-9,15H2,1-3H3,(H,28,32). The van der Waals surface area contributed by atoms with Gasteiger partial charge in [0.2, 0.25) is 5.00 Å². The largest absolute Gasteiger partial charge is 0.493 e. The second-order valence-electron chi connectivity index (χ2n) is 9.32. The summed E-state index contributed by atoms with van der Waals surface area (Å²) in [5.74, 6) is 0.898. The highest BCUT2D eigenvalue weighted by Gasteiger charge is 2.51. The number of carbonyl (C=O) groups excluding carboxylic acids is 2. The molecule has 186 valence electrons. The van der Waals surface area contributed by atoms with Crippen molar-refractivity contribution in [1.29, 1.82) is 0 Å². The van der Waals surface area contributed by atoms with E-state index >= 15 is 0 Å². The third kappa shape index (κ3) is 4.03. The van der Waals surface area contributed by atoms with Crippen LogP contribution in [0.15, 0.2) is 34.7 Å². The van der Waals surface area contributed by atoms with Gasteiger partial charge in [-0.15, -0.1) is 0 Å². The molecule has 8 nitrogen and oxygen atoms in total. The molecule has 0 saturated heterocycles. The van der Waals surface area contributed by atoms with Gasteiger partial charge in [-0.1, -0.05) is 37.3 Å². The van der Waals surface area contributed by atoms with Crippen molar-refractivity contribution in [2.75, 3.05) is 19.1 Å². The Morgan fingerprint density at radius 3 is 2.49 bits per heavy atom. The minimum Gasteiger partial charge on any atom is -0.493 e. The van der Waals surface area contributed by atoms with Gasteiger partial charge in [-0.3, -0.25) is 14.5 Å². The Kier molecular flexibility index (Phi) is 6.17. The molecule has 2 aromatic heterocycles. The molecular formula is C26H30ClN3O5. The maximum atomic E-state index is 13.9. The molecule has 35 heavy (non-hydrogen) atoms. The van der Waals surface area contributed by atoms with Crippen LogP contribution >= 0.6 is 11.6 Å². The van der Waals surface area contributed by atoms with E-state index in [9.17, 15) is 9.59 Å². The van der Waals surface area contributed by atoms with Crippen molar-refractivity contribution < 1.29 is 23.5 Å². The zero-order chi connectivity index (χ0) is 24.7. The molecule has 2 aliphatic rings. The van der Waals surface area contributed by atoms with Crippen LogP contribution in [0.2, 0.25) is 0 Å². The van der Waals surface area contributed by atoms with Crippen LogP contribution in [0.3, 0.4) is 0 Å². The topological polar surface area (TPSA) is 85.9 Å². The van der Waals surface area contributed by atoms with Crippen LogP contribution < -0.4 is 19.7 Å². The van der Waals surface area contributed by atoms with Crippen LogP contribution in [0.25, 0.3) is 11.1 Å². The zero-order valence-corrected chi connectivity index (χ0v) is 21.0. The average molecular weight is 500 g/mol. The maximum Gasteiger partial charge on any atom is 0.277 e. The number of methoxy groups -OCH3 is 2. The predicted octanol–water partition coefficient (Wildman–Crippen LogP) is 4.99. The first-order valence-electron chi connectivity index (χ1n) is 12.0. The fourth-order valence-corrected chi connectivity index (χ4v) is 5.60. The summed E-state index contributed by atoms with van der Waals surface area (Å²) in [6.45, 7) is 1.92. The van der Waals surface area contributed by atoms with E-state index in [0.717, 1.165) is 37.0 Å². The van der Waals surface area contributed by atoms with Crippen LogP contribution in [0.5, 0.6) is 11.5 Å². The summed E-state index contributed by atoms with van der Waals surface area (Å²) in [5, 5.41) is 3.16. The summed E-state index contributed by atoms with van der Waals surface area (Å²) in [6.07, 6.45) is 6.27. The number of halogens is 1. The molecule has 1 unspecified atom stereocenters. The molecule has 1 saturated carbocycles. The van der Waals surface area contributed by atoms with Gasteiger partial charge in [-0.2, -0.15) is 0 Å². The molecular weight excluding hydrogens is 470 g/mol. The quantitative estimate of drug-likeness (QED) is 0.303. The number of carbonyl (C=O) groups is 2. The van der Waals surface area contributed by atoms with Crippen LogP contribution in [-0.2, 0) is 11.3 Å². The molecule has 1 N–H and O–H groups in total. The van der Waals surface area contributed by atoms with Crippen molar-refractivity contribution in [3.63, 3.8) is 0 Å². The number of anilines is 1. The van der Waals surface area contributed by atoms with Crippen molar-refractivity contribution in [3.8, 4) is 11.5 Å². The highest BCUT2D eigenvalue weighted by Crippen LogP contribution is 2.41. The molecule has 2 amide bonds. The Labute approximate surface area is 209 Å². The van der Waals surface area contributed by atoms with Gasteiger partial charge in [0.05, 0.1) is 32.0 Å². The molecule has 1 fully saturated rings. The van der Waals surface area contributed by atoms with Crippen LogP contribution in [-0.4, -0.2) is 41.6 Å². The van der Waals surface area contributed by atoms with Crippen LogP contribution in [0, 0.1) is 6.92 Å². The lowest BCUT2D eigenvalue weighted by Gasteiger charge is -2.42. The normalized spacial score (nSPS) is 21.0. The lowest BCUT2D eigenvalue weighted by atomic mass is 10.0. The number of alkyl halides is 1. The van der Waals surface area contributed by atoms with E-state index in [1.54, 1.807) is 35.9 Å². The predicted molar refractivity (Wildman–Crippen MR) is 134 cm³/mol. The Morgan fingerprint density at radius 1 is 1.09 bits per heavy atom. The number of nitrogens with one attached hydrogen (secondary N) is 1. The van der Waals surface area contributed by atoms with Gasteiger partial charge in [-0.05, 0) is 31.9 Å². The summed E-state index contributed by atoms with van der Waals surface area (Å²) in [6, 6.07) is 8.67. The van der Waals surface area contributed by atoms with Gasteiger partial charge in [0.15, 0.2) is 17.1 Å². The molecule has 9 heteroatoms. The van der Waals surface area contributed by atoms with Gasteiger partial charge in [0.25, 0.3) is 11.8 Å². The molecule has 5 rings (SSSR count). The second-order valence-corrected chi connectivity index (χ2v) is 9.95. The number of furan rings is 1. The van der Waals surface area contributed by atoms with Crippen LogP contribution in [0.4, 0.5) is 5.69 Å². The molecule has 0 spiro atoms. The van der Waals surface area contributed by atoms with E-state index < -0.39 is 10.9 Å². The van der Waals surface area contributed by atoms with Crippen molar-refractivity contribution in [2.24, 2.45) is 0 Å². The first kappa shape index (κ1) is 23.6. The van der Waals surface area contributed by atoms with Crippen molar-refractivity contribution in [3.05, 3.63) is 41.8 Å². The van der Waals surface area contributed by atoms with Gasteiger partial charge < -0.3 is 23.8 Å². The summed E-state index contributed by atoms with van der Waals surface area (Å²) >= 11 is 7.21. The SMILES string of the molecule is COc1ccc(N2C(=O)c3cc4oc(C)cc4n3CC2(Cl)C(=O)NC2CCCCCC2)cc1OC. The van der Waals surface area contributed by atoms with Crippen molar-refractivity contribution in [2.45, 2.75) is 63.0 Å². The van der Waals surface area contributed by atoms with E-state index in [2.05, 4.69) is 5.32 Å². The number of aryl methyl sites for hydroxylation is 1. The minimum atomic E-state index is -1.69. The number of rotatable bonds is 5. The highest BCUT2D eigenvalue weighted by atomic mass is 35.5. The Balaban J connectivity index is 1.60. The molecule has 1 aliphatic carbocycles. The Bertz CT molecular complexity index is 1270. The summed E-state index contributed by atoms with van der Waals surface area (Å²) in [5.41, 5.74) is 2.18. The summed E-state index contributed by atoms with van der Waals surface area (Å²) in [4.78, 5) is 27.4. The lowest BCUT2D eigenvalue weighted by molar-refractivity contribution is -0.125. The third-order valence-corrected chi connectivity index (χ3v) is 7.48. The number of hydrogen-bond acceptors (Lipinski definition) is 5. The molecule has 3 heterocycles.